The van der Waals surface area contributed by atoms with Gasteiger partial charge >= 0.3 is 0 Å². The van der Waals surface area contributed by atoms with Gasteiger partial charge in [-0.15, -0.1) is 0 Å². The number of nitrogens with zero attached hydrogens (tertiary/aromatic N) is 2. The molecule has 2 amide bonds. The molecule has 1 aliphatic heterocycles. The number of carbonyl (C=O) groups is 2. The Balaban J connectivity index is 1.43. The van der Waals surface area contributed by atoms with Gasteiger partial charge in [-0.2, -0.15) is 0 Å². The first kappa shape index (κ1) is 19.8. The van der Waals surface area contributed by atoms with Crippen molar-refractivity contribution in [2.75, 3.05) is 13.1 Å². The molecule has 1 saturated heterocycles. The molecule has 1 N–H and O–H groups in total. The van der Waals surface area contributed by atoms with Crippen LogP contribution in [0.4, 0.5) is 0 Å². The summed E-state index contributed by atoms with van der Waals surface area (Å²) < 4.78 is 0. The molecule has 5 heteroatoms. The van der Waals surface area contributed by atoms with Gasteiger partial charge in [0.25, 0.3) is 5.91 Å². The van der Waals surface area contributed by atoms with Crippen LogP contribution in [0.15, 0.2) is 85.1 Å². The lowest BCUT2D eigenvalue weighted by molar-refractivity contribution is -0.132. The number of aromatic nitrogens is 1. The molecule has 2 heterocycles. The van der Waals surface area contributed by atoms with Gasteiger partial charge in [-0.25, -0.2) is 0 Å². The first-order valence-electron chi connectivity index (χ1n) is 10.3. The standard InChI is InChI=1S/C25H25N3O2/c29-24(22-13-7-8-16-26-22)27-21-14-17-28(18-15-21)25(30)23(19-9-3-1-4-10-19)20-11-5-2-6-12-20/h1-13,16,21,23H,14-15,17-18H2,(H,27,29). The van der Waals surface area contributed by atoms with E-state index < -0.39 is 0 Å². The molecule has 1 fully saturated rings. The van der Waals surface area contributed by atoms with E-state index in [4.69, 9.17) is 0 Å². The molecule has 0 unspecified atom stereocenters. The van der Waals surface area contributed by atoms with Gasteiger partial charge in [0.15, 0.2) is 0 Å². The third-order valence-corrected chi connectivity index (χ3v) is 5.55. The Kier molecular flexibility index (Phi) is 6.18. The van der Waals surface area contributed by atoms with Gasteiger partial charge in [0.1, 0.15) is 5.69 Å². The Morgan fingerprint density at radius 1 is 0.833 bits per heavy atom. The third-order valence-electron chi connectivity index (χ3n) is 5.55. The summed E-state index contributed by atoms with van der Waals surface area (Å²) >= 11 is 0. The fourth-order valence-electron chi connectivity index (χ4n) is 3.95. The zero-order chi connectivity index (χ0) is 20.8. The van der Waals surface area contributed by atoms with Gasteiger partial charge in [-0.1, -0.05) is 66.7 Å². The van der Waals surface area contributed by atoms with Crippen molar-refractivity contribution in [1.29, 1.82) is 0 Å². The highest BCUT2D eigenvalue weighted by Crippen LogP contribution is 2.28. The SMILES string of the molecule is O=C(NC1CCN(C(=O)C(c2ccccc2)c2ccccc2)CC1)c1ccccn1. The van der Waals surface area contributed by atoms with Crippen LogP contribution in [0.1, 0.15) is 40.4 Å². The average molecular weight is 399 g/mol. The van der Waals surface area contributed by atoms with Gasteiger partial charge in [0, 0.05) is 25.3 Å². The average Bonchev–Trinajstić information content (AvgIpc) is 2.81. The zero-order valence-electron chi connectivity index (χ0n) is 16.8. The van der Waals surface area contributed by atoms with Crippen LogP contribution in [0.25, 0.3) is 0 Å². The topological polar surface area (TPSA) is 62.3 Å². The second-order valence-electron chi connectivity index (χ2n) is 7.54. The lowest BCUT2D eigenvalue weighted by Crippen LogP contribution is -2.48. The molecule has 152 valence electrons. The summed E-state index contributed by atoms with van der Waals surface area (Å²) in [5.41, 5.74) is 2.42. The Hall–Kier alpha value is -3.47. The zero-order valence-corrected chi connectivity index (χ0v) is 16.8. The second-order valence-corrected chi connectivity index (χ2v) is 7.54. The van der Waals surface area contributed by atoms with Crippen LogP contribution >= 0.6 is 0 Å². The highest BCUT2D eigenvalue weighted by atomic mass is 16.2. The summed E-state index contributed by atoms with van der Waals surface area (Å²) in [4.78, 5) is 31.9. The maximum absolute atomic E-state index is 13.5. The molecule has 0 saturated carbocycles. The van der Waals surface area contributed by atoms with E-state index >= 15 is 0 Å². The van der Waals surface area contributed by atoms with Gasteiger partial charge in [-0.05, 0) is 36.1 Å². The molecule has 1 aromatic heterocycles. The quantitative estimate of drug-likeness (QED) is 0.713. The van der Waals surface area contributed by atoms with Crippen molar-refractivity contribution in [3.05, 3.63) is 102 Å². The van der Waals surface area contributed by atoms with Crippen molar-refractivity contribution in [2.24, 2.45) is 0 Å². The number of rotatable bonds is 5. The molecule has 3 aromatic rings. The minimum Gasteiger partial charge on any atom is -0.348 e. The van der Waals surface area contributed by atoms with Crippen molar-refractivity contribution in [2.45, 2.75) is 24.8 Å². The molecular formula is C25H25N3O2. The molecule has 0 spiro atoms. The summed E-state index contributed by atoms with van der Waals surface area (Å²) in [6.07, 6.45) is 3.09. The Morgan fingerprint density at radius 2 is 1.40 bits per heavy atom. The van der Waals surface area contributed by atoms with E-state index in [0.717, 1.165) is 24.0 Å². The van der Waals surface area contributed by atoms with Crippen LogP contribution in [0.2, 0.25) is 0 Å². The van der Waals surface area contributed by atoms with Gasteiger partial charge < -0.3 is 10.2 Å². The minimum absolute atomic E-state index is 0.0513. The monoisotopic (exact) mass is 399 g/mol. The fourth-order valence-corrected chi connectivity index (χ4v) is 3.95. The van der Waals surface area contributed by atoms with Crippen molar-refractivity contribution in [3.63, 3.8) is 0 Å². The molecule has 2 aromatic carbocycles. The molecule has 0 aliphatic carbocycles. The number of pyridine rings is 1. The van der Waals surface area contributed by atoms with Gasteiger partial charge in [0.2, 0.25) is 5.91 Å². The molecule has 0 bridgehead atoms. The Morgan fingerprint density at radius 3 is 1.93 bits per heavy atom. The molecule has 5 nitrogen and oxygen atoms in total. The van der Waals surface area contributed by atoms with E-state index in [-0.39, 0.29) is 23.8 Å². The number of piperidine rings is 1. The Bertz CT molecular complexity index is 930. The van der Waals surface area contributed by atoms with Crippen molar-refractivity contribution in [1.82, 2.24) is 15.2 Å². The summed E-state index contributed by atoms with van der Waals surface area (Å²) in [5, 5.41) is 3.05. The number of hydrogen-bond donors (Lipinski definition) is 1. The maximum atomic E-state index is 13.5. The third kappa shape index (κ3) is 4.57. The summed E-state index contributed by atoms with van der Waals surface area (Å²) in [6, 6.07) is 25.2. The van der Waals surface area contributed by atoms with Crippen LogP contribution in [-0.2, 0) is 4.79 Å². The van der Waals surface area contributed by atoms with Gasteiger partial charge in [0.05, 0.1) is 5.92 Å². The summed E-state index contributed by atoms with van der Waals surface area (Å²) in [6.45, 7) is 1.25. The Labute approximate surface area is 176 Å². The van der Waals surface area contributed by atoms with E-state index in [9.17, 15) is 9.59 Å². The lowest BCUT2D eigenvalue weighted by Gasteiger charge is -2.34. The molecule has 0 radical (unpaired) electrons. The normalized spacial score (nSPS) is 14.5. The number of likely N-dealkylation sites (tertiary alicyclic amines) is 1. The molecule has 30 heavy (non-hydrogen) atoms. The summed E-state index contributed by atoms with van der Waals surface area (Å²) in [5.74, 6) is -0.360. The number of hydrogen-bond acceptors (Lipinski definition) is 3. The van der Waals surface area contributed by atoms with Crippen LogP contribution in [0.3, 0.4) is 0 Å². The lowest BCUT2D eigenvalue weighted by atomic mass is 9.89. The summed E-state index contributed by atoms with van der Waals surface area (Å²) in [7, 11) is 0. The van der Waals surface area contributed by atoms with E-state index in [1.54, 1.807) is 24.4 Å². The first-order valence-corrected chi connectivity index (χ1v) is 10.3. The molecule has 1 aliphatic rings. The van der Waals surface area contributed by atoms with Crippen LogP contribution in [-0.4, -0.2) is 40.8 Å². The van der Waals surface area contributed by atoms with E-state index in [0.29, 0.717) is 18.8 Å². The highest BCUT2D eigenvalue weighted by molar-refractivity contribution is 5.92. The predicted molar refractivity (Wildman–Crippen MR) is 116 cm³/mol. The van der Waals surface area contributed by atoms with Crippen LogP contribution in [0.5, 0.6) is 0 Å². The van der Waals surface area contributed by atoms with Gasteiger partial charge in [-0.3, -0.25) is 14.6 Å². The van der Waals surface area contributed by atoms with Crippen molar-refractivity contribution < 1.29 is 9.59 Å². The van der Waals surface area contributed by atoms with Crippen molar-refractivity contribution in [3.8, 4) is 0 Å². The largest absolute Gasteiger partial charge is 0.348 e. The van der Waals surface area contributed by atoms with E-state index in [1.165, 1.54) is 0 Å². The number of amides is 2. The smallest absolute Gasteiger partial charge is 0.270 e. The maximum Gasteiger partial charge on any atom is 0.270 e. The minimum atomic E-state index is -0.313. The number of carbonyl (C=O) groups excluding carboxylic acids is 2. The van der Waals surface area contributed by atoms with E-state index in [2.05, 4.69) is 10.3 Å². The highest BCUT2D eigenvalue weighted by Gasteiger charge is 2.30. The first-order chi connectivity index (χ1) is 14.7. The number of nitrogens with one attached hydrogen (secondary N) is 1. The molecule has 4 rings (SSSR count). The number of benzene rings is 2. The fraction of sp³-hybridized carbons (Fsp3) is 0.240. The predicted octanol–water partition coefficient (Wildman–Crippen LogP) is 3.63. The van der Waals surface area contributed by atoms with Crippen LogP contribution < -0.4 is 5.32 Å². The second kappa shape index (κ2) is 9.35. The van der Waals surface area contributed by atoms with Crippen LogP contribution in [0, 0.1) is 0 Å². The van der Waals surface area contributed by atoms with Crippen molar-refractivity contribution >= 4 is 11.8 Å². The molecule has 0 atom stereocenters. The molecular weight excluding hydrogens is 374 g/mol. The van der Waals surface area contributed by atoms with E-state index in [1.807, 2.05) is 65.6 Å².